The van der Waals surface area contributed by atoms with Crippen molar-refractivity contribution in [1.29, 1.82) is 0 Å². The second-order valence-electron chi connectivity index (χ2n) is 4.97. The molecule has 0 spiro atoms. The molecule has 5 heteroatoms. The number of benzene rings is 1. The summed E-state index contributed by atoms with van der Waals surface area (Å²) in [6.07, 6.45) is 0. The Labute approximate surface area is 140 Å². The van der Waals surface area contributed by atoms with E-state index in [1.54, 1.807) is 0 Å². The summed E-state index contributed by atoms with van der Waals surface area (Å²) < 4.78 is 0. The van der Waals surface area contributed by atoms with E-state index in [9.17, 15) is 4.79 Å². The Morgan fingerprint density at radius 1 is 1.10 bits per heavy atom. The number of rotatable bonds is 5. The molecule has 0 aliphatic heterocycles. The average molecular weight is 345 g/mol. The van der Waals surface area contributed by atoms with Crippen molar-refractivity contribution in [3.63, 3.8) is 0 Å². The highest BCUT2D eigenvalue weighted by atomic mass is 32.9. The van der Waals surface area contributed by atoms with Crippen molar-refractivity contribution in [3.05, 3.63) is 34.4 Å². The number of aryl methyl sites for hydroxylation is 3. The van der Waals surface area contributed by atoms with Crippen LogP contribution in [-0.4, -0.2) is 30.1 Å². The van der Waals surface area contributed by atoms with Crippen LogP contribution in [0, 0.1) is 20.8 Å². The molecular weight excluding hydrogens is 317 g/mol. The van der Waals surface area contributed by atoms with Crippen LogP contribution in [0.1, 0.15) is 47.8 Å². The largest absolute Gasteiger partial charge is 0.379 e. The van der Waals surface area contributed by atoms with Gasteiger partial charge in [0.15, 0.2) is 11.8 Å². The summed E-state index contributed by atoms with van der Waals surface area (Å²) in [4.78, 5) is 14.1. The lowest BCUT2D eigenvalue weighted by atomic mass is 10.0. The van der Waals surface area contributed by atoms with E-state index in [1.807, 2.05) is 32.9 Å². The number of thiol groups is 1. The topological polar surface area (TPSA) is 20.3 Å². The molecule has 1 atom stereocenters. The Hall–Kier alpha value is -0.280. The van der Waals surface area contributed by atoms with Gasteiger partial charge in [0.2, 0.25) is 0 Å². The third kappa shape index (κ3) is 7.01. The molecule has 21 heavy (non-hydrogen) atoms. The number of hydrogen-bond acceptors (Lipinski definition) is 3. The molecule has 1 rings (SSSR count). The molecule has 1 aromatic carbocycles. The molecule has 0 saturated heterocycles. The molecule has 2 nitrogen and oxygen atoms in total. The second kappa shape index (κ2) is 10.4. The lowest BCUT2D eigenvalue weighted by Gasteiger charge is -2.13. The van der Waals surface area contributed by atoms with E-state index in [1.165, 1.54) is 25.2 Å². The van der Waals surface area contributed by atoms with Gasteiger partial charge < -0.3 is 4.90 Å². The number of nitrogens with zero attached hydrogens (tertiary/aromatic N) is 1. The monoisotopic (exact) mass is 344 g/mol. The van der Waals surface area contributed by atoms with Gasteiger partial charge in [-0.3, -0.25) is 0 Å². The van der Waals surface area contributed by atoms with Crippen LogP contribution in [0.2, 0.25) is 0 Å². The fourth-order valence-corrected chi connectivity index (χ4v) is 3.40. The van der Waals surface area contributed by atoms with E-state index in [0.717, 1.165) is 16.7 Å². The first-order valence-corrected chi connectivity index (χ1v) is 10.8. The van der Waals surface area contributed by atoms with Gasteiger partial charge in [0.05, 0.1) is 17.8 Å². The molecule has 0 amide bonds. The van der Waals surface area contributed by atoms with E-state index in [2.05, 4.69) is 37.9 Å². The first kappa shape index (κ1) is 20.7. The van der Waals surface area contributed by atoms with Crippen LogP contribution in [0.15, 0.2) is 12.1 Å². The van der Waals surface area contributed by atoms with Gasteiger partial charge in [0, 0.05) is 0 Å². The molecule has 0 N–H and O–H groups in total. The maximum atomic E-state index is 11.7. The summed E-state index contributed by atoms with van der Waals surface area (Å²) in [5.74, 6) is -1.24. The van der Waals surface area contributed by atoms with Crippen LogP contribution in [0.25, 0.3) is 0 Å². The number of carbonyl (C=O) groups is 1. The van der Waals surface area contributed by atoms with E-state index in [4.69, 9.17) is 11.8 Å². The van der Waals surface area contributed by atoms with Gasteiger partial charge in [0.25, 0.3) is 0 Å². The minimum absolute atomic E-state index is 0.00617. The van der Waals surface area contributed by atoms with Crippen LogP contribution in [0.4, 0.5) is 0 Å². The number of hydrogen-bond donors (Lipinski definition) is 1. The zero-order valence-electron chi connectivity index (χ0n) is 13.9. The molecule has 0 aromatic heterocycles. The molecule has 1 aromatic rings. The highest BCUT2D eigenvalue weighted by Gasteiger charge is 2.24. The van der Waals surface area contributed by atoms with Gasteiger partial charge in [0.1, 0.15) is 0 Å². The summed E-state index contributed by atoms with van der Waals surface area (Å²) in [6.45, 7) is 16.0. The standard InChI is InChI=1S/C10H11OPS2.C6H15N/c1-6-4-7(2)9(8(3)5-6)10(11)12(13)14;1-4-7(5-2)6-3/h4-5H,1-3H3;4-6H2,1-3H3/p+1. The predicted molar refractivity (Wildman–Crippen MR) is 102 cm³/mol. The molecular formula is C16H27NOPS2+. The first-order valence-electron chi connectivity index (χ1n) is 7.29. The summed E-state index contributed by atoms with van der Waals surface area (Å²) in [5, 5.41) is 0. The molecule has 0 fully saturated rings. The Bertz CT molecular complexity index is 471. The summed E-state index contributed by atoms with van der Waals surface area (Å²) in [7, 11) is 0. The minimum Gasteiger partial charge on any atom is -0.304 e. The molecule has 0 saturated carbocycles. The predicted octanol–water partition coefficient (Wildman–Crippen LogP) is 4.89. The molecule has 0 aliphatic carbocycles. The van der Waals surface area contributed by atoms with Crippen molar-refractivity contribution in [2.45, 2.75) is 41.5 Å². The Balaban J connectivity index is 0.000000486. The first-order chi connectivity index (χ1) is 9.78. The van der Waals surface area contributed by atoms with Crippen molar-refractivity contribution in [1.82, 2.24) is 4.90 Å². The fraction of sp³-hybridized carbons (Fsp3) is 0.562. The van der Waals surface area contributed by atoms with Crippen molar-refractivity contribution >= 4 is 35.5 Å². The van der Waals surface area contributed by atoms with Crippen molar-refractivity contribution in [2.24, 2.45) is 0 Å². The third-order valence-corrected chi connectivity index (χ3v) is 5.02. The zero-order chi connectivity index (χ0) is 16.6. The van der Waals surface area contributed by atoms with E-state index >= 15 is 0 Å². The quantitative estimate of drug-likeness (QED) is 0.607. The van der Waals surface area contributed by atoms with Crippen LogP contribution in [-0.2, 0) is 11.8 Å². The molecule has 118 valence electrons. The second-order valence-corrected chi connectivity index (χ2v) is 9.03. The average Bonchev–Trinajstić information content (AvgIpc) is 2.40. The highest BCUT2D eigenvalue weighted by molar-refractivity contribution is 8.61. The Morgan fingerprint density at radius 2 is 1.48 bits per heavy atom. The fourth-order valence-electron chi connectivity index (χ4n) is 2.28. The van der Waals surface area contributed by atoms with Gasteiger partial charge in [-0.2, -0.15) is 0 Å². The minimum atomic E-state index is -1.24. The molecule has 0 bridgehead atoms. The van der Waals surface area contributed by atoms with Crippen molar-refractivity contribution < 1.29 is 4.79 Å². The smallest absolute Gasteiger partial charge is 0.304 e. The maximum absolute atomic E-state index is 11.7. The third-order valence-electron chi connectivity index (χ3n) is 3.41. The maximum Gasteiger partial charge on any atom is 0.379 e. The molecule has 1 unspecified atom stereocenters. The van der Waals surface area contributed by atoms with Crippen LogP contribution >= 0.6 is 18.1 Å². The van der Waals surface area contributed by atoms with E-state index in [-0.39, 0.29) is 5.52 Å². The summed E-state index contributed by atoms with van der Waals surface area (Å²) in [6, 6.07) is 4.00. The Kier molecular flexibility index (Phi) is 10.3. The van der Waals surface area contributed by atoms with E-state index < -0.39 is 5.90 Å². The Morgan fingerprint density at radius 3 is 1.71 bits per heavy atom. The van der Waals surface area contributed by atoms with E-state index in [0.29, 0.717) is 0 Å². The zero-order valence-corrected chi connectivity index (χ0v) is 16.5. The lowest BCUT2D eigenvalue weighted by Crippen LogP contribution is -2.21. The summed E-state index contributed by atoms with van der Waals surface area (Å²) >= 11 is 8.97. The van der Waals surface area contributed by atoms with Crippen molar-refractivity contribution in [3.8, 4) is 0 Å². The van der Waals surface area contributed by atoms with Crippen LogP contribution < -0.4 is 0 Å². The SMILES string of the molecule is CCN(CC)CC.Cc1cc(C)c(C(=O)[P+](=S)S)c(C)c1. The van der Waals surface area contributed by atoms with Gasteiger partial charge in [-0.15, -0.1) is 0 Å². The van der Waals surface area contributed by atoms with Crippen LogP contribution in [0.5, 0.6) is 0 Å². The van der Waals surface area contributed by atoms with Gasteiger partial charge >= 0.3 is 11.4 Å². The van der Waals surface area contributed by atoms with Gasteiger partial charge in [-0.05, 0) is 51.5 Å². The molecule has 0 aliphatic rings. The highest BCUT2D eigenvalue weighted by Crippen LogP contribution is 2.34. The van der Waals surface area contributed by atoms with Crippen LogP contribution in [0.3, 0.4) is 0 Å². The van der Waals surface area contributed by atoms with Gasteiger partial charge in [-0.25, -0.2) is 4.79 Å². The summed E-state index contributed by atoms with van der Waals surface area (Å²) in [5.41, 5.74) is 3.92. The van der Waals surface area contributed by atoms with Crippen molar-refractivity contribution in [2.75, 3.05) is 19.6 Å². The number of carbonyl (C=O) groups excluding carboxylic acids is 1. The molecule has 0 heterocycles. The van der Waals surface area contributed by atoms with Gasteiger partial charge in [-0.1, -0.05) is 38.5 Å². The lowest BCUT2D eigenvalue weighted by molar-refractivity contribution is 0.108. The molecule has 0 radical (unpaired) electrons. The normalized spacial score (nSPS) is 11.0.